The van der Waals surface area contributed by atoms with Gasteiger partial charge in [0.2, 0.25) is 0 Å². The Kier molecular flexibility index (Phi) is 8.89. The van der Waals surface area contributed by atoms with Gasteiger partial charge in [-0.05, 0) is 42.7 Å². The molecule has 0 aromatic heterocycles. The fourth-order valence-electron chi connectivity index (χ4n) is 2.76. The molecule has 7 nitrogen and oxygen atoms in total. The number of alkyl carbamates (subject to hydrolysis) is 1. The van der Waals surface area contributed by atoms with Crippen LogP contribution in [0, 0.1) is 0 Å². The Labute approximate surface area is 183 Å². The van der Waals surface area contributed by atoms with Gasteiger partial charge in [-0.2, -0.15) is 0 Å². The number of hydrogen-bond donors (Lipinski definition) is 2. The zero-order valence-corrected chi connectivity index (χ0v) is 17.5. The minimum absolute atomic E-state index is 0.134. The molecule has 0 saturated carbocycles. The number of hydrogen-bond acceptors (Lipinski definition) is 5. The van der Waals surface area contributed by atoms with Crippen molar-refractivity contribution in [2.45, 2.75) is 52.0 Å². The number of benzene rings is 2. The predicted molar refractivity (Wildman–Crippen MR) is 108 cm³/mol. The van der Waals surface area contributed by atoms with E-state index < -0.39 is 24.5 Å². The molecule has 1 atom stereocenters. The lowest BCUT2D eigenvalue weighted by atomic mass is 10.0. The fourth-order valence-corrected chi connectivity index (χ4v) is 2.76. The zero-order valence-electron chi connectivity index (χ0n) is 17.5. The van der Waals surface area contributed by atoms with Crippen molar-refractivity contribution in [3.05, 3.63) is 65.2 Å². The maximum atomic E-state index is 12.2. The summed E-state index contributed by atoms with van der Waals surface area (Å²) in [6.07, 6.45) is -6.51. The van der Waals surface area contributed by atoms with E-state index in [0.717, 1.165) is 23.3 Å². The van der Waals surface area contributed by atoms with E-state index in [2.05, 4.69) is 10.1 Å². The summed E-state index contributed by atoms with van der Waals surface area (Å²) in [4.78, 5) is 23.3. The van der Waals surface area contributed by atoms with Gasteiger partial charge in [-0.25, -0.2) is 9.59 Å². The normalized spacial score (nSPS) is 12.3. The molecule has 1 amide bonds. The highest BCUT2D eigenvalue weighted by Gasteiger charge is 2.31. The number of ether oxygens (including phenoxy) is 3. The van der Waals surface area contributed by atoms with Crippen LogP contribution in [0.1, 0.15) is 30.5 Å². The van der Waals surface area contributed by atoms with Gasteiger partial charge in [0.15, 0.2) is 6.10 Å². The number of carbonyl (C=O) groups excluding carboxylic acids is 1. The molecule has 0 aliphatic rings. The number of rotatable bonds is 10. The van der Waals surface area contributed by atoms with Crippen LogP contribution in [0.4, 0.5) is 18.0 Å². The topological polar surface area (TPSA) is 94.1 Å². The van der Waals surface area contributed by atoms with Gasteiger partial charge >= 0.3 is 18.4 Å². The van der Waals surface area contributed by atoms with Crippen LogP contribution in [0.25, 0.3) is 0 Å². The van der Waals surface area contributed by atoms with Gasteiger partial charge in [0.1, 0.15) is 12.4 Å². The summed E-state index contributed by atoms with van der Waals surface area (Å²) >= 11 is 0. The molecule has 0 spiro atoms. The Hall–Kier alpha value is -3.27. The molecule has 10 heteroatoms. The molecule has 2 aromatic rings. The first kappa shape index (κ1) is 25.0. The molecule has 0 aliphatic carbocycles. The second kappa shape index (κ2) is 11.4. The summed E-state index contributed by atoms with van der Waals surface area (Å²) < 4.78 is 50.7. The van der Waals surface area contributed by atoms with Crippen LogP contribution in [0.2, 0.25) is 0 Å². The Morgan fingerprint density at radius 3 is 2.28 bits per heavy atom. The van der Waals surface area contributed by atoms with Crippen LogP contribution < -0.4 is 10.1 Å². The summed E-state index contributed by atoms with van der Waals surface area (Å²) in [6.45, 7) is 3.53. The fraction of sp³-hybridized carbons (Fsp3) is 0.364. The highest BCUT2D eigenvalue weighted by Crippen LogP contribution is 2.22. The van der Waals surface area contributed by atoms with E-state index >= 15 is 0 Å². The minimum Gasteiger partial charge on any atom is -0.479 e. The third-order valence-electron chi connectivity index (χ3n) is 4.09. The second-order valence-corrected chi connectivity index (χ2v) is 7.16. The average molecular weight is 455 g/mol. The molecule has 32 heavy (non-hydrogen) atoms. The maximum absolute atomic E-state index is 12.2. The van der Waals surface area contributed by atoms with E-state index in [0.29, 0.717) is 5.56 Å². The summed E-state index contributed by atoms with van der Waals surface area (Å²) in [5, 5.41) is 11.9. The minimum atomic E-state index is -4.77. The van der Waals surface area contributed by atoms with Gasteiger partial charge in [0, 0.05) is 13.0 Å². The molecule has 0 saturated heterocycles. The molecule has 2 N–H and O–H groups in total. The summed E-state index contributed by atoms with van der Waals surface area (Å²) in [5.41, 5.74) is 1.97. The molecule has 174 valence electrons. The molecule has 1 unspecified atom stereocenters. The molecule has 0 heterocycles. The highest BCUT2D eigenvalue weighted by atomic mass is 19.4. The Morgan fingerprint density at radius 1 is 1.03 bits per heavy atom. The number of halogens is 3. The first-order chi connectivity index (χ1) is 15.0. The van der Waals surface area contributed by atoms with E-state index in [1.165, 1.54) is 12.1 Å². The maximum Gasteiger partial charge on any atom is 0.573 e. The van der Waals surface area contributed by atoms with Crippen LogP contribution in [-0.2, 0) is 33.8 Å². The van der Waals surface area contributed by atoms with Crippen molar-refractivity contribution in [3.63, 3.8) is 0 Å². The number of carboxylic acid groups (broad SMARTS) is 1. The summed E-state index contributed by atoms with van der Waals surface area (Å²) in [5.74, 6) is -1.42. The van der Waals surface area contributed by atoms with Crippen LogP contribution in [0.15, 0.2) is 48.5 Å². The van der Waals surface area contributed by atoms with Crippen molar-refractivity contribution in [1.29, 1.82) is 0 Å². The number of carboxylic acids is 1. The van der Waals surface area contributed by atoms with Crippen LogP contribution in [0.5, 0.6) is 5.75 Å². The van der Waals surface area contributed by atoms with Gasteiger partial charge in [0.25, 0.3) is 0 Å². The van der Waals surface area contributed by atoms with Crippen LogP contribution >= 0.6 is 0 Å². The molecular formula is C22H24F3NO6. The monoisotopic (exact) mass is 455 g/mol. The molecule has 2 rings (SSSR count). The molecule has 0 fully saturated rings. The number of carbonyl (C=O) groups is 2. The number of alkyl halides is 3. The van der Waals surface area contributed by atoms with Crippen molar-refractivity contribution in [3.8, 4) is 5.75 Å². The van der Waals surface area contributed by atoms with Crippen molar-refractivity contribution in [2.75, 3.05) is 0 Å². The number of aliphatic carboxylic acids is 1. The zero-order chi connectivity index (χ0) is 23.7. The lowest BCUT2D eigenvalue weighted by Gasteiger charge is -2.17. The van der Waals surface area contributed by atoms with Gasteiger partial charge in [-0.3, -0.25) is 0 Å². The van der Waals surface area contributed by atoms with E-state index in [1.54, 1.807) is 38.1 Å². The standard InChI is InChI=1S/C22H24F3NO6/c1-14(2)31-19(20(27)28)11-16-4-3-5-17(10-16)12-26-21(29)30-13-15-6-8-18(9-7-15)32-22(23,24)25/h3-10,14,19H,11-13H2,1-2H3,(H,26,29)(H,27,28). The van der Waals surface area contributed by atoms with Crippen molar-refractivity contribution in [1.82, 2.24) is 5.32 Å². The van der Waals surface area contributed by atoms with E-state index in [-0.39, 0.29) is 31.4 Å². The molecule has 0 aliphatic heterocycles. The third kappa shape index (κ3) is 9.25. The SMILES string of the molecule is CC(C)OC(Cc1cccc(CNC(=O)OCc2ccc(OC(F)(F)F)cc2)c1)C(=O)O. The first-order valence-corrected chi connectivity index (χ1v) is 9.73. The van der Waals surface area contributed by atoms with Crippen molar-refractivity contribution in [2.24, 2.45) is 0 Å². The van der Waals surface area contributed by atoms with Crippen LogP contribution in [0.3, 0.4) is 0 Å². The van der Waals surface area contributed by atoms with E-state index in [1.807, 2.05) is 0 Å². The van der Waals surface area contributed by atoms with E-state index in [4.69, 9.17) is 9.47 Å². The average Bonchev–Trinajstić information content (AvgIpc) is 2.70. The van der Waals surface area contributed by atoms with E-state index in [9.17, 15) is 27.9 Å². The molecule has 2 aromatic carbocycles. The van der Waals surface area contributed by atoms with Gasteiger partial charge in [0.05, 0.1) is 6.10 Å². The smallest absolute Gasteiger partial charge is 0.479 e. The highest BCUT2D eigenvalue weighted by molar-refractivity contribution is 5.72. The Morgan fingerprint density at radius 2 is 1.69 bits per heavy atom. The quantitative estimate of drug-likeness (QED) is 0.551. The summed E-state index contributed by atoms with van der Waals surface area (Å²) in [6, 6.07) is 12.0. The van der Waals surface area contributed by atoms with Gasteiger partial charge in [-0.15, -0.1) is 13.2 Å². The summed E-state index contributed by atoms with van der Waals surface area (Å²) in [7, 11) is 0. The Balaban J connectivity index is 1.83. The van der Waals surface area contributed by atoms with Gasteiger partial charge in [-0.1, -0.05) is 36.4 Å². The lowest BCUT2D eigenvalue weighted by Crippen LogP contribution is -2.29. The largest absolute Gasteiger partial charge is 0.573 e. The number of amides is 1. The van der Waals surface area contributed by atoms with Gasteiger partial charge < -0.3 is 24.6 Å². The lowest BCUT2D eigenvalue weighted by molar-refractivity contribution is -0.274. The second-order valence-electron chi connectivity index (χ2n) is 7.16. The molecule has 0 bridgehead atoms. The first-order valence-electron chi connectivity index (χ1n) is 9.73. The van der Waals surface area contributed by atoms with Crippen molar-refractivity contribution < 1.29 is 42.1 Å². The third-order valence-corrected chi connectivity index (χ3v) is 4.09. The predicted octanol–water partition coefficient (Wildman–Crippen LogP) is 4.43. The van der Waals surface area contributed by atoms with Crippen molar-refractivity contribution >= 4 is 12.1 Å². The van der Waals surface area contributed by atoms with Crippen LogP contribution in [-0.4, -0.2) is 35.7 Å². The molecule has 0 radical (unpaired) electrons. The Bertz CT molecular complexity index is 899. The molecular weight excluding hydrogens is 431 g/mol. The number of nitrogens with one attached hydrogen (secondary N) is 1.